The van der Waals surface area contributed by atoms with E-state index in [4.69, 9.17) is 0 Å². The zero-order valence-corrected chi connectivity index (χ0v) is 16.7. The topological polar surface area (TPSA) is 69.7 Å². The number of carbonyl (C=O) groups is 3. The minimum Gasteiger partial charge on any atom is -0.324 e. The highest BCUT2D eigenvalue weighted by Gasteiger charge is 2.74. The summed E-state index contributed by atoms with van der Waals surface area (Å²) in [7, 11) is 0. The minimum absolute atomic E-state index is 0.0219. The summed E-state index contributed by atoms with van der Waals surface area (Å²) in [5, 5.41) is 3.10. The molecule has 0 saturated carbocycles. The van der Waals surface area contributed by atoms with Gasteiger partial charge in [0.05, 0.1) is 11.8 Å². The highest BCUT2D eigenvalue weighted by atomic mass is 16.2. The van der Waals surface area contributed by atoms with E-state index in [2.05, 4.69) is 17.1 Å². The number of aryl methyl sites for hydroxylation is 1. The molecular weight excluding hydrogens is 354 g/mol. The number of carbonyl (C=O) groups excluding carboxylic acids is 3. The molecule has 0 aliphatic carbocycles. The van der Waals surface area contributed by atoms with E-state index >= 15 is 0 Å². The van der Waals surface area contributed by atoms with Crippen LogP contribution in [0, 0.1) is 25.7 Å². The lowest BCUT2D eigenvalue weighted by Crippen LogP contribution is -2.54. The van der Waals surface area contributed by atoms with Crippen molar-refractivity contribution in [3.63, 3.8) is 0 Å². The largest absolute Gasteiger partial charge is 0.324 e. The van der Waals surface area contributed by atoms with Crippen molar-refractivity contribution in [2.24, 2.45) is 11.8 Å². The van der Waals surface area contributed by atoms with Crippen molar-refractivity contribution in [2.45, 2.75) is 58.0 Å². The summed E-state index contributed by atoms with van der Waals surface area (Å²) < 4.78 is 0. The van der Waals surface area contributed by atoms with Crippen LogP contribution >= 0.6 is 0 Å². The summed E-state index contributed by atoms with van der Waals surface area (Å²) >= 11 is 0. The average Bonchev–Trinajstić information content (AvgIpc) is 3.37. The van der Waals surface area contributed by atoms with Crippen LogP contribution in [0.25, 0.3) is 0 Å². The van der Waals surface area contributed by atoms with Crippen LogP contribution < -0.4 is 5.32 Å². The highest BCUT2D eigenvalue weighted by molar-refractivity contribution is 6.15. The maximum absolute atomic E-state index is 13.5. The van der Waals surface area contributed by atoms with Gasteiger partial charge >= 0.3 is 0 Å². The number of rotatable bonds is 3. The number of hydrogen-bond acceptors (Lipinski definition) is 4. The van der Waals surface area contributed by atoms with Crippen molar-refractivity contribution < 1.29 is 14.4 Å². The molecule has 5 rings (SSSR count). The van der Waals surface area contributed by atoms with E-state index in [9.17, 15) is 14.4 Å². The molecule has 28 heavy (non-hydrogen) atoms. The second-order valence-electron chi connectivity index (χ2n) is 8.74. The molecule has 4 aliphatic heterocycles. The van der Waals surface area contributed by atoms with Crippen molar-refractivity contribution in [1.82, 2.24) is 9.80 Å². The Bertz CT molecular complexity index is 911. The molecule has 6 heteroatoms. The van der Waals surface area contributed by atoms with Crippen LogP contribution in [0.1, 0.15) is 49.3 Å². The SMILES string of the molecule is CCCCN1C(=O)C2C3CCCN3C3(C(=O)Nc4c3ccc(C)c4C)C2C1=O. The first-order chi connectivity index (χ1) is 13.4. The van der Waals surface area contributed by atoms with Gasteiger partial charge in [0.25, 0.3) is 0 Å². The summed E-state index contributed by atoms with van der Waals surface area (Å²) in [6.07, 6.45) is 3.56. The number of imide groups is 1. The number of amides is 3. The number of hydrogen-bond donors (Lipinski definition) is 1. The van der Waals surface area contributed by atoms with Crippen molar-refractivity contribution in [3.8, 4) is 0 Å². The molecular formula is C22H27N3O3. The zero-order chi connectivity index (χ0) is 19.8. The van der Waals surface area contributed by atoms with Gasteiger partial charge in [-0.2, -0.15) is 0 Å². The van der Waals surface area contributed by atoms with Crippen molar-refractivity contribution in [1.29, 1.82) is 0 Å². The lowest BCUT2D eigenvalue weighted by atomic mass is 9.75. The van der Waals surface area contributed by atoms with Gasteiger partial charge in [0.1, 0.15) is 5.54 Å². The molecule has 4 unspecified atom stereocenters. The minimum atomic E-state index is -1.03. The molecule has 148 valence electrons. The van der Waals surface area contributed by atoms with Gasteiger partial charge in [0, 0.05) is 23.8 Å². The summed E-state index contributed by atoms with van der Waals surface area (Å²) in [6, 6.07) is 4.01. The molecule has 4 heterocycles. The van der Waals surface area contributed by atoms with Crippen LogP contribution in [0.3, 0.4) is 0 Å². The number of unbranched alkanes of at least 4 members (excludes halogenated alkanes) is 1. The Morgan fingerprint density at radius 2 is 1.96 bits per heavy atom. The molecule has 4 atom stereocenters. The Kier molecular flexibility index (Phi) is 3.76. The Hall–Kier alpha value is -2.21. The van der Waals surface area contributed by atoms with E-state index in [0.29, 0.717) is 6.54 Å². The van der Waals surface area contributed by atoms with Crippen LogP contribution in [0.5, 0.6) is 0 Å². The Morgan fingerprint density at radius 3 is 2.71 bits per heavy atom. The van der Waals surface area contributed by atoms with Crippen LogP contribution in [0.15, 0.2) is 12.1 Å². The molecule has 3 saturated heterocycles. The van der Waals surface area contributed by atoms with Crippen LogP contribution in [0.2, 0.25) is 0 Å². The van der Waals surface area contributed by atoms with Crippen molar-refractivity contribution in [2.75, 3.05) is 18.4 Å². The highest BCUT2D eigenvalue weighted by Crippen LogP contribution is 2.60. The van der Waals surface area contributed by atoms with Gasteiger partial charge in [0.15, 0.2) is 0 Å². The molecule has 1 spiro atoms. The van der Waals surface area contributed by atoms with E-state index in [1.165, 1.54) is 4.90 Å². The third-order valence-electron chi connectivity index (χ3n) is 7.53. The van der Waals surface area contributed by atoms with Gasteiger partial charge in [-0.1, -0.05) is 25.5 Å². The maximum Gasteiger partial charge on any atom is 0.250 e. The molecule has 0 aromatic heterocycles. The Labute approximate surface area is 165 Å². The summed E-state index contributed by atoms with van der Waals surface area (Å²) in [5.74, 6) is -1.36. The first-order valence-electron chi connectivity index (χ1n) is 10.5. The molecule has 1 aromatic carbocycles. The van der Waals surface area contributed by atoms with Crippen molar-refractivity contribution >= 4 is 23.4 Å². The van der Waals surface area contributed by atoms with Gasteiger partial charge in [-0.25, -0.2) is 0 Å². The summed E-state index contributed by atoms with van der Waals surface area (Å²) in [4.78, 5) is 43.9. The van der Waals surface area contributed by atoms with Gasteiger partial charge in [0.2, 0.25) is 17.7 Å². The molecule has 1 N–H and O–H groups in total. The number of likely N-dealkylation sites (tertiary alicyclic amines) is 1. The van der Waals surface area contributed by atoms with Gasteiger partial charge in [-0.05, 0) is 50.8 Å². The fourth-order valence-electron chi connectivity index (χ4n) is 6.12. The second-order valence-corrected chi connectivity index (χ2v) is 8.74. The predicted octanol–water partition coefficient (Wildman–Crippen LogP) is 2.33. The number of benzene rings is 1. The number of fused-ring (bicyclic) bond motifs is 7. The van der Waals surface area contributed by atoms with Gasteiger partial charge in [-0.3, -0.25) is 24.2 Å². The van der Waals surface area contributed by atoms with Crippen LogP contribution in [-0.4, -0.2) is 46.7 Å². The standard InChI is InChI=1S/C22H27N3O3/c1-4-5-10-24-19(26)16-15-7-6-11-25(15)22(17(16)20(24)27)14-9-8-12(2)13(3)18(14)23-21(22)28/h8-9,15-17H,4-7,10-11H2,1-3H3,(H,23,28). The van der Waals surface area contributed by atoms with E-state index in [-0.39, 0.29) is 23.8 Å². The first-order valence-corrected chi connectivity index (χ1v) is 10.5. The fourth-order valence-corrected chi connectivity index (χ4v) is 6.12. The molecule has 0 radical (unpaired) electrons. The summed E-state index contributed by atoms with van der Waals surface area (Å²) in [6.45, 7) is 7.31. The monoisotopic (exact) mass is 381 g/mol. The first kappa shape index (κ1) is 17.9. The smallest absolute Gasteiger partial charge is 0.250 e. The van der Waals surface area contributed by atoms with E-state index in [0.717, 1.165) is 54.6 Å². The number of nitrogens with zero attached hydrogens (tertiary/aromatic N) is 2. The fraction of sp³-hybridized carbons (Fsp3) is 0.591. The lowest BCUT2D eigenvalue weighted by molar-refractivity contribution is -0.145. The summed E-state index contributed by atoms with van der Waals surface area (Å²) in [5.41, 5.74) is 2.85. The Balaban J connectivity index is 1.70. The molecule has 3 amide bonds. The molecule has 3 fully saturated rings. The average molecular weight is 381 g/mol. The second kappa shape index (κ2) is 5.89. The van der Waals surface area contributed by atoms with E-state index in [1.54, 1.807) is 0 Å². The van der Waals surface area contributed by atoms with Gasteiger partial charge in [-0.15, -0.1) is 0 Å². The maximum atomic E-state index is 13.5. The van der Waals surface area contributed by atoms with Crippen LogP contribution in [0.4, 0.5) is 5.69 Å². The Morgan fingerprint density at radius 1 is 1.18 bits per heavy atom. The van der Waals surface area contributed by atoms with E-state index in [1.807, 2.05) is 26.0 Å². The zero-order valence-electron chi connectivity index (χ0n) is 16.7. The van der Waals surface area contributed by atoms with E-state index < -0.39 is 17.4 Å². The molecule has 4 aliphatic rings. The third kappa shape index (κ3) is 1.89. The lowest BCUT2D eigenvalue weighted by Gasteiger charge is -2.36. The third-order valence-corrected chi connectivity index (χ3v) is 7.53. The number of nitrogens with one attached hydrogen (secondary N) is 1. The van der Waals surface area contributed by atoms with Crippen LogP contribution in [-0.2, 0) is 19.9 Å². The molecule has 1 aromatic rings. The number of anilines is 1. The quantitative estimate of drug-likeness (QED) is 0.816. The normalized spacial score (nSPS) is 33.6. The van der Waals surface area contributed by atoms with Crippen molar-refractivity contribution in [3.05, 3.63) is 28.8 Å². The molecule has 0 bridgehead atoms. The van der Waals surface area contributed by atoms with Gasteiger partial charge < -0.3 is 5.32 Å². The predicted molar refractivity (Wildman–Crippen MR) is 105 cm³/mol. The molecule has 6 nitrogen and oxygen atoms in total.